The number of nitrogens with one attached hydrogen (secondary N) is 2. The Bertz CT molecular complexity index is 723. The van der Waals surface area contributed by atoms with Crippen LogP contribution in [0.1, 0.15) is 58.9 Å². The van der Waals surface area contributed by atoms with Crippen molar-refractivity contribution in [1.82, 2.24) is 10.6 Å². The number of esters is 1. The molecule has 8 nitrogen and oxygen atoms in total. The van der Waals surface area contributed by atoms with Crippen LogP contribution in [-0.4, -0.2) is 42.4 Å². The molecule has 0 heterocycles. The summed E-state index contributed by atoms with van der Waals surface area (Å²) in [5, 5.41) is 5.38. The molecule has 1 aromatic rings. The molecule has 1 aliphatic carbocycles. The predicted octanol–water partition coefficient (Wildman–Crippen LogP) is 3.93. The molecule has 1 aliphatic rings. The monoisotopic (exact) mass is 434 g/mol. The number of carbonyl (C=O) groups excluding carboxylic acids is 3. The van der Waals surface area contributed by atoms with Crippen molar-refractivity contribution in [2.45, 2.75) is 77.7 Å². The van der Waals surface area contributed by atoms with Gasteiger partial charge in [0, 0.05) is 6.04 Å². The van der Waals surface area contributed by atoms with Gasteiger partial charge in [-0.2, -0.15) is 0 Å². The van der Waals surface area contributed by atoms with Crippen molar-refractivity contribution in [3.63, 3.8) is 0 Å². The molecule has 0 saturated heterocycles. The van der Waals surface area contributed by atoms with Gasteiger partial charge in [-0.1, -0.05) is 30.3 Å². The molecule has 31 heavy (non-hydrogen) atoms. The van der Waals surface area contributed by atoms with E-state index in [0.717, 1.165) is 31.2 Å². The van der Waals surface area contributed by atoms with E-state index in [0.29, 0.717) is 6.61 Å². The van der Waals surface area contributed by atoms with Crippen molar-refractivity contribution in [2.24, 2.45) is 5.92 Å². The van der Waals surface area contributed by atoms with Crippen LogP contribution in [0, 0.1) is 5.92 Å². The molecule has 1 atom stereocenters. The Morgan fingerprint density at radius 3 is 2.26 bits per heavy atom. The molecular weight excluding hydrogens is 400 g/mol. The molecule has 1 saturated carbocycles. The number of benzene rings is 1. The van der Waals surface area contributed by atoms with Crippen molar-refractivity contribution in [3.8, 4) is 0 Å². The first kappa shape index (κ1) is 24.5. The van der Waals surface area contributed by atoms with E-state index >= 15 is 0 Å². The standard InChI is InChI=1S/C23H34N2O6/c1-16(24-21(27)30-15-17-8-6-5-7-9-17)20(26)29-14-18-10-12-19(13-11-18)25-22(28)31-23(2,3)4/h5-9,16,18-19H,10-15H2,1-4H3,(H,24,27)(H,25,28)/t16-,18-,19-/m0/s1. The van der Waals surface area contributed by atoms with Crippen LogP contribution in [0.3, 0.4) is 0 Å². The Morgan fingerprint density at radius 2 is 1.65 bits per heavy atom. The minimum Gasteiger partial charge on any atom is -0.464 e. The number of rotatable bonds is 7. The van der Waals surface area contributed by atoms with Crippen molar-refractivity contribution < 1.29 is 28.6 Å². The van der Waals surface area contributed by atoms with E-state index in [2.05, 4.69) is 10.6 Å². The van der Waals surface area contributed by atoms with Gasteiger partial charge in [0.05, 0.1) is 6.61 Å². The van der Waals surface area contributed by atoms with Gasteiger partial charge >= 0.3 is 18.2 Å². The smallest absolute Gasteiger partial charge is 0.408 e. The van der Waals surface area contributed by atoms with E-state index in [1.165, 1.54) is 0 Å². The quantitative estimate of drug-likeness (QED) is 0.498. The zero-order valence-electron chi connectivity index (χ0n) is 18.8. The second kappa shape index (κ2) is 11.6. The molecular formula is C23H34N2O6. The third kappa shape index (κ3) is 9.72. The summed E-state index contributed by atoms with van der Waals surface area (Å²) in [5.74, 6) is -0.261. The maximum absolute atomic E-state index is 12.2. The minimum atomic E-state index is -0.798. The van der Waals surface area contributed by atoms with Crippen LogP contribution in [0.15, 0.2) is 30.3 Å². The highest BCUT2D eigenvalue weighted by molar-refractivity contribution is 5.80. The summed E-state index contributed by atoms with van der Waals surface area (Å²) in [6.07, 6.45) is 2.23. The van der Waals surface area contributed by atoms with Crippen molar-refractivity contribution >= 4 is 18.2 Å². The predicted molar refractivity (Wildman–Crippen MR) is 115 cm³/mol. The zero-order chi connectivity index (χ0) is 22.9. The summed E-state index contributed by atoms with van der Waals surface area (Å²) < 4.78 is 15.8. The lowest BCUT2D eigenvalue weighted by molar-refractivity contribution is -0.147. The van der Waals surface area contributed by atoms with E-state index in [1.54, 1.807) is 6.92 Å². The summed E-state index contributed by atoms with van der Waals surface area (Å²) in [6, 6.07) is 8.57. The van der Waals surface area contributed by atoms with Crippen LogP contribution in [0.2, 0.25) is 0 Å². The lowest BCUT2D eigenvalue weighted by Gasteiger charge is -2.30. The number of hydrogen-bond acceptors (Lipinski definition) is 6. The zero-order valence-corrected chi connectivity index (χ0v) is 18.8. The Labute approximate surface area is 184 Å². The molecule has 0 unspecified atom stereocenters. The summed E-state index contributed by atoms with van der Waals surface area (Å²) in [4.78, 5) is 35.9. The number of hydrogen-bond donors (Lipinski definition) is 2. The molecule has 0 bridgehead atoms. The normalized spacial score (nSPS) is 19.6. The fourth-order valence-electron chi connectivity index (χ4n) is 3.27. The second-order valence-corrected chi connectivity index (χ2v) is 8.92. The SMILES string of the molecule is C[C@H](NC(=O)OCc1ccccc1)C(=O)OC[C@H]1CC[C@H](NC(=O)OC(C)(C)C)CC1. The van der Waals surface area contributed by atoms with Crippen molar-refractivity contribution in [3.05, 3.63) is 35.9 Å². The van der Waals surface area contributed by atoms with Gasteiger partial charge in [0.25, 0.3) is 0 Å². The summed E-state index contributed by atoms with van der Waals surface area (Å²) in [6.45, 7) is 7.48. The first-order valence-corrected chi connectivity index (χ1v) is 10.8. The largest absolute Gasteiger partial charge is 0.464 e. The molecule has 172 valence electrons. The Kier molecular flexibility index (Phi) is 9.15. The highest BCUT2D eigenvalue weighted by Crippen LogP contribution is 2.25. The maximum atomic E-state index is 12.2. The number of alkyl carbamates (subject to hydrolysis) is 2. The van der Waals surface area contributed by atoms with E-state index in [1.807, 2.05) is 51.1 Å². The summed E-state index contributed by atoms with van der Waals surface area (Å²) in [5.41, 5.74) is 0.346. The van der Waals surface area contributed by atoms with Gasteiger partial charge in [-0.15, -0.1) is 0 Å². The lowest BCUT2D eigenvalue weighted by Crippen LogP contribution is -2.42. The summed E-state index contributed by atoms with van der Waals surface area (Å²) in [7, 11) is 0. The minimum absolute atomic E-state index is 0.0711. The Balaban J connectivity index is 1.61. The first-order chi connectivity index (χ1) is 14.6. The van der Waals surface area contributed by atoms with Gasteiger partial charge in [0.15, 0.2) is 0 Å². The molecule has 0 radical (unpaired) electrons. The van der Waals surface area contributed by atoms with Gasteiger partial charge in [0.1, 0.15) is 18.2 Å². The molecule has 2 amide bonds. The molecule has 8 heteroatoms. The van der Waals surface area contributed by atoms with Crippen LogP contribution in [0.5, 0.6) is 0 Å². The van der Waals surface area contributed by atoms with E-state index in [-0.39, 0.29) is 18.6 Å². The van der Waals surface area contributed by atoms with Crippen LogP contribution in [-0.2, 0) is 25.6 Å². The maximum Gasteiger partial charge on any atom is 0.408 e. The van der Waals surface area contributed by atoms with Gasteiger partial charge in [-0.3, -0.25) is 0 Å². The molecule has 0 aromatic heterocycles. The van der Waals surface area contributed by atoms with Crippen LogP contribution in [0.25, 0.3) is 0 Å². The Morgan fingerprint density at radius 1 is 1.00 bits per heavy atom. The number of carbonyl (C=O) groups is 3. The topological polar surface area (TPSA) is 103 Å². The number of amides is 2. The van der Waals surface area contributed by atoms with Gasteiger partial charge in [0.2, 0.25) is 0 Å². The van der Waals surface area contributed by atoms with Crippen molar-refractivity contribution in [2.75, 3.05) is 6.61 Å². The van der Waals surface area contributed by atoms with Crippen LogP contribution in [0.4, 0.5) is 9.59 Å². The lowest BCUT2D eigenvalue weighted by atomic mass is 9.86. The first-order valence-electron chi connectivity index (χ1n) is 10.8. The van der Waals surface area contributed by atoms with Gasteiger partial charge in [-0.05, 0) is 64.9 Å². The Hall–Kier alpha value is -2.77. The molecule has 0 aliphatic heterocycles. The highest BCUT2D eigenvalue weighted by atomic mass is 16.6. The fraction of sp³-hybridized carbons (Fsp3) is 0.609. The molecule has 1 aromatic carbocycles. The van der Waals surface area contributed by atoms with Gasteiger partial charge < -0.3 is 24.8 Å². The van der Waals surface area contributed by atoms with E-state index in [4.69, 9.17) is 14.2 Å². The second-order valence-electron chi connectivity index (χ2n) is 8.92. The third-order valence-electron chi connectivity index (χ3n) is 4.93. The molecule has 1 fully saturated rings. The van der Waals surface area contributed by atoms with Gasteiger partial charge in [-0.25, -0.2) is 14.4 Å². The third-order valence-corrected chi connectivity index (χ3v) is 4.93. The average Bonchev–Trinajstić information content (AvgIpc) is 2.70. The highest BCUT2D eigenvalue weighted by Gasteiger charge is 2.26. The van der Waals surface area contributed by atoms with E-state index in [9.17, 15) is 14.4 Å². The molecule has 2 rings (SSSR count). The van der Waals surface area contributed by atoms with Crippen molar-refractivity contribution in [1.29, 1.82) is 0 Å². The summed E-state index contributed by atoms with van der Waals surface area (Å²) >= 11 is 0. The molecule has 2 N–H and O–H groups in total. The molecule has 0 spiro atoms. The number of ether oxygens (including phenoxy) is 3. The van der Waals surface area contributed by atoms with E-state index < -0.39 is 29.8 Å². The van der Waals surface area contributed by atoms with Crippen LogP contribution >= 0.6 is 0 Å². The fourth-order valence-corrected chi connectivity index (χ4v) is 3.27. The van der Waals surface area contributed by atoms with Crippen LogP contribution < -0.4 is 10.6 Å². The average molecular weight is 435 g/mol.